The molecule has 198 valence electrons. The number of nitrogens with one attached hydrogen (secondary N) is 3. The van der Waals surface area contributed by atoms with E-state index in [1.807, 2.05) is 25.9 Å². The van der Waals surface area contributed by atoms with Gasteiger partial charge < -0.3 is 30.0 Å². The molecule has 1 aromatic carbocycles. The highest BCUT2D eigenvalue weighted by Crippen LogP contribution is 2.35. The summed E-state index contributed by atoms with van der Waals surface area (Å²) in [5.41, 5.74) is 1.72. The van der Waals surface area contributed by atoms with Crippen molar-refractivity contribution in [3.63, 3.8) is 0 Å². The highest BCUT2D eigenvalue weighted by Gasteiger charge is 2.40. The van der Waals surface area contributed by atoms with Crippen LogP contribution in [-0.2, 0) is 14.3 Å². The zero-order valence-electron chi connectivity index (χ0n) is 21.7. The van der Waals surface area contributed by atoms with E-state index in [4.69, 9.17) is 14.5 Å². The van der Waals surface area contributed by atoms with Gasteiger partial charge in [0.05, 0.1) is 35.7 Å². The number of amides is 1. The van der Waals surface area contributed by atoms with Gasteiger partial charge >= 0.3 is 0 Å². The zero-order valence-corrected chi connectivity index (χ0v) is 21.7. The number of ether oxygens (including phenoxy) is 2. The monoisotopic (exact) mass is 511 g/mol. The minimum atomic E-state index is -0.815. The van der Waals surface area contributed by atoms with Crippen LogP contribution in [0.2, 0.25) is 0 Å². The van der Waals surface area contributed by atoms with E-state index in [1.165, 1.54) is 12.1 Å². The topological polar surface area (TPSA) is 117 Å². The number of benzene rings is 1. The third kappa shape index (κ3) is 6.48. The first-order chi connectivity index (χ1) is 17.8. The van der Waals surface area contributed by atoms with Crippen molar-refractivity contribution in [1.82, 2.24) is 30.2 Å². The number of H-pyrrole nitrogens is 1. The zero-order chi connectivity index (χ0) is 26.4. The lowest BCUT2D eigenvalue weighted by Crippen LogP contribution is -2.49. The fourth-order valence-corrected chi connectivity index (χ4v) is 3.83. The predicted molar refractivity (Wildman–Crippen MR) is 138 cm³/mol. The van der Waals surface area contributed by atoms with Crippen LogP contribution >= 0.6 is 0 Å². The summed E-state index contributed by atoms with van der Waals surface area (Å²) < 4.78 is 25.6. The molecule has 3 N–H and O–H groups in total. The Morgan fingerprint density at radius 1 is 1.16 bits per heavy atom. The second kappa shape index (κ2) is 11.8. The van der Waals surface area contributed by atoms with Gasteiger partial charge in [0.2, 0.25) is 18.1 Å². The quantitative estimate of drug-likeness (QED) is 0.380. The summed E-state index contributed by atoms with van der Waals surface area (Å²) in [7, 11) is 3.90. The van der Waals surface area contributed by atoms with E-state index in [9.17, 15) is 9.18 Å². The van der Waals surface area contributed by atoms with E-state index in [0.29, 0.717) is 41.0 Å². The highest BCUT2D eigenvalue weighted by atomic mass is 19.1. The number of rotatable bonds is 10. The summed E-state index contributed by atoms with van der Waals surface area (Å²) in [4.78, 5) is 31.7. The molecule has 1 aliphatic rings. The molecule has 0 saturated carbocycles. The molecular formula is C26H34FN7O3. The minimum absolute atomic E-state index is 0.118. The molecule has 0 spiro atoms. The van der Waals surface area contributed by atoms with E-state index in [0.717, 1.165) is 19.5 Å². The summed E-state index contributed by atoms with van der Waals surface area (Å²) in [5.74, 6) is 0.483. The molecule has 2 aromatic heterocycles. The molecular weight excluding hydrogens is 477 g/mol. The van der Waals surface area contributed by atoms with Crippen molar-refractivity contribution in [2.24, 2.45) is 5.41 Å². The maximum atomic E-state index is 13.6. The van der Waals surface area contributed by atoms with Crippen LogP contribution in [0.15, 0.2) is 36.5 Å². The Hall–Kier alpha value is -3.41. The van der Waals surface area contributed by atoms with Crippen LogP contribution in [-0.4, -0.2) is 77.7 Å². The van der Waals surface area contributed by atoms with Crippen molar-refractivity contribution in [1.29, 1.82) is 0 Å². The molecule has 4 rings (SSSR count). The van der Waals surface area contributed by atoms with Gasteiger partial charge in [-0.2, -0.15) is 0 Å². The average molecular weight is 512 g/mol. The van der Waals surface area contributed by atoms with Crippen LogP contribution in [0.1, 0.15) is 32.4 Å². The summed E-state index contributed by atoms with van der Waals surface area (Å²) in [6.07, 6.45) is 1.81. The molecule has 0 atom stereocenters. The van der Waals surface area contributed by atoms with Crippen LogP contribution in [0.3, 0.4) is 0 Å². The molecule has 0 unspecified atom stereocenters. The molecule has 3 heterocycles. The molecule has 37 heavy (non-hydrogen) atoms. The van der Waals surface area contributed by atoms with Gasteiger partial charge in [-0.15, -0.1) is 0 Å². The maximum absolute atomic E-state index is 13.6. The van der Waals surface area contributed by atoms with Gasteiger partial charge in [-0.25, -0.2) is 19.3 Å². The largest absolute Gasteiger partial charge is 0.354 e. The van der Waals surface area contributed by atoms with Crippen LogP contribution in [0.25, 0.3) is 22.6 Å². The molecule has 1 fully saturated rings. The van der Waals surface area contributed by atoms with Crippen LogP contribution < -0.4 is 10.6 Å². The van der Waals surface area contributed by atoms with E-state index in [2.05, 4.69) is 32.5 Å². The number of aromatic amines is 1. The fourth-order valence-electron chi connectivity index (χ4n) is 3.83. The van der Waals surface area contributed by atoms with Gasteiger partial charge in [-0.05, 0) is 57.8 Å². The van der Waals surface area contributed by atoms with Gasteiger partial charge in [-0.3, -0.25) is 4.79 Å². The molecule has 10 nitrogen and oxygen atoms in total. The van der Waals surface area contributed by atoms with E-state index in [-0.39, 0.29) is 24.9 Å². The van der Waals surface area contributed by atoms with Crippen molar-refractivity contribution in [3.8, 4) is 22.6 Å². The lowest BCUT2D eigenvalue weighted by Gasteiger charge is -2.35. The molecule has 0 radical (unpaired) electrons. The second-order valence-corrected chi connectivity index (χ2v) is 9.62. The Morgan fingerprint density at radius 2 is 1.89 bits per heavy atom. The first kappa shape index (κ1) is 26.6. The van der Waals surface area contributed by atoms with Crippen LogP contribution in [0.5, 0.6) is 0 Å². The smallest absolute Gasteiger partial charge is 0.230 e. The van der Waals surface area contributed by atoms with Crippen molar-refractivity contribution < 1.29 is 18.7 Å². The van der Waals surface area contributed by atoms with Crippen LogP contribution in [0, 0.1) is 11.2 Å². The number of halogens is 1. The first-order valence-corrected chi connectivity index (χ1v) is 12.4. The van der Waals surface area contributed by atoms with Crippen molar-refractivity contribution in [3.05, 3.63) is 48.2 Å². The molecule has 1 saturated heterocycles. The number of aromatic nitrogens is 4. The van der Waals surface area contributed by atoms with Gasteiger partial charge in [0.15, 0.2) is 5.82 Å². The van der Waals surface area contributed by atoms with Gasteiger partial charge in [0.1, 0.15) is 5.82 Å². The van der Waals surface area contributed by atoms with Gasteiger partial charge in [0.25, 0.3) is 0 Å². The van der Waals surface area contributed by atoms with Gasteiger partial charge in [-0.1, -0.05) is 6.92 Å². The third-order valence-corrected chi connectivity index (χ3v) is 6.01. The highest BCUT2D eigenvalue weighted by molar-refractivity contribution is 5.82. The number of hydrogen-bond donors (Lipinski definition) is 3. The summed E-state index contributed by atoms with van der Waals surface area (Å²) in [5, 5.41) is 6.13. The lowest BCUT2D eigenvalue weighted by molar-refractivity contribution is -0.231. The fraction of sp³-hybridized carbons (Fsp3) is 0.462. The second-order valence-electron chi connectivity index (χ2n) is 9.62. The average Bonchev–Trinajstić information content (AvgIpc) is 3.34. The van der Waals surface area contributed by atoms with Crippen molar-refractivity contribution in [2.45, 2.75) is 26.6 Å². The van der Waals surface area contributed by atoms with Crippen molar-refractivity contribution in [2.75, 3.05) is 52.3 Å². The minimum Gasteiger partial charge on any atom is -0.354 e. The van der Waals surface area contributed by atoms with Gasteiger partial charge in [0, 0.05) is 31.4 Å². The number of nitrogens with zero attached hydrogens (tertiary/aromatic N) is 4. The van der Waals surface area contributed by atoms with Crippen LogP contribution in [0.4, 0.5) is 10.3 Å². The number of hydrogen-bond acceptors (Lipinski definition) is 8. The molecule has 1 aliphatic heterocycles. The summed E-state index contributed by atoms with van der Waals surface area (Å²) in [6.45, 7) is 6.25. The Morgan fingerprint density at radius 3 is 2.57 bits per heavy atom. The molecule has 0 aliphatic carbocycles. The molecule has 3 aromatic rings. The number of anilines is 1. The Kier molecular flexibility index (Phi) is 8.47. The van der Waals surface area contributed by atoms with E-state index in [1.54, 1.807) is 24.4 Å². The van der Waals surface area contributed by atoms with E-state index >= 15 is 0 Å². The number of imidazole rings is 1. The molecule has 1 amide bonds. The van der Waals surface area contributed by atoms with E-state index < -0.39 is 11.7 Å². The SMILES string of the molecule is CCCNc1nccc(-c2[nH]c(C3OCC(C)(C(=O)NCCN(C)C)CO3)nc2-c2ccc(F)cc2)n1. The normalized spacial score (nSPS) is 19.7. The maximum Gasteiger partial charge on any atom is 0.230 e. The first-order valence-electron chi connectivity index (χ1n) is 12.4. The standard InChI is InChI=1S/C26H34FN7O3/c1-5-11-29-25-30-12-10-19(31-25)21-20(17-6-8-18(27)9-7-17)32-22(33-21)23-36-15-26(2,16-37-23)24(35)28-13-14-34(3)4/h6-10,12,23H,5,11,13-16H2,1-4H3,(H,28,35)(H,32,33)(H,29,30,31). The number of likely N-dealkylation sites (N-methyl/N-ethyl adjacent to an activating group) is 1. The summed E-state index contributed by atoms with van der Waals surface area (Å²) >= 11 is 0. The Labute approximate surface area is 216 Å². The predicted octanol–water partition coefficient (Wildman–Crippen LogP) is 3.22. The number of carbonyl (C=O) groups is 1. The Bertz CT molecular complexity index is 1190. The lowest BCUT2D eigenvalue weighted by atomic mass is 9.91. The molecule has 0 bridgehead atoms. The number of carbonyl (C=O) groups excluding carboxylic acids is 1. The molecule has 11 heteroatoms. The summed E-state index contributed by atoms with van der Waals surface area (Å²) in [6, 6.07) is 7.87. The van der Waals surface area contributed by atoms with Crippen molar-refractivity contribution >= 4 is 11.9 Å². The third-order valence-electron chi connectivity index (χ3n) is 6.01. The Balaban J connectivity index is 1.57.